The average Bonchev–Trinajstić information content (AvgIpc) is 2.49. The van der Waals surface area contributed by atoms with Gasteiger partial charge in [-0.3, -0.25) is 4.79 Å². The molecule has 1 aliphatic heterocycles. The molecule has 2 N–H and O–H groups in total. The standard InChI is InChI=1S/C14H19N3O4/c1-2-21-12-6-5-11(8-15-12)16-14(20)17-7-3-4-10(9-17)13(18)19/h5-6,8,10H,2-4,7,9H2,1H3,(H,16,20)(H,18,19). The van der Waals surface area contributed by atoms with Gasteiger partial charge < -0.3 is 20.1 Å². The first-order valence-electron chi connectivity index (χ1n) is 6.97. The van der Waals surface area contributed by atoms with Crippen LogP contribution in [0.3, 0.4) is 0 Å². The van der Waals surface area contributed by atoms with Crippen LogP contribution in [0.15, 0.2) is 18.3 Å². The third-order valence-electron chi connectivity index (χ3n) is 3.34. The minimum Gasteiger partial charge on any atom is -0.481 e. The first-order chi connectivity index (χ1) is 10.1. The average molecular weight is 293 g/mol. The van der Waals surface area contributed by atoms with Crippen molar-refractivity contribution >= 4 is 17.7 Å². The van der Waals surface area contributed by atoms with Crippen LogP contribution in [0.1, 0.15) is 19.8 Å². The lowest BCUT2D eigenvalue weighted by Crippen LogP contribution is -2.44. The fourth-order valence-electron chi connectivity index (χ4n) is 2.25. The summed E-state index contributed by atoms with van der Waals surface area (Å²) in [7, 11) is 0. The van der Waals surface area contributed by atoms with E-state index in [9.17, 15) is 9.59 Å². The van der Waals surface area contributed by atoms with Gasteiger partial charge in [0, 0.05) is 19.2 Å². The molecular formula is C14H19N3O4. The molecule has 114 valence electrons. The van der Waals surface area contributed by atoms with E-state index in [2.05, 4.69) is 10.3 Å². The predicted octanol–water partition coefficient (Wildman–Crippen LogP) is 1.81. The van der Waals surface area contributed by atoms with Gasteiger partial charge in [-0.2, -0.15) is 0 Å². The topological polar surface area (TPSA) is 91.8 Å². The number of piperidine rings is 1. The number of likely N-dealkylation sites (tertiary alicyclic amines) is 1. The number of nitrogens with one attached hydrogen (secondary N) is 1. The maximum Gasteiger partial charge on any atom is 0.321 e. The molecule has 1 fully saturated rings. The van der Waals surface area contributed by atoms with Gasteiger partial charge in [0.05, 0.1) is 24.4 Å². The number of rotatable bonds is 4. The van der Waals surface area contributed by atoms with E-state index in [1.165, 1.54) is 11.1 Å². The van der Waals surface area contributed by atoms with E-state index in [1.807, 2.05) is 6.92 Å². The molecule has 0 spiro atoms. The number of nitrogens with zero attached hydrogens (tertiary/aromatic N) is 2. The summed E-state index contributed by atoms with van der Waals surface area (Å²) in [6.45, 7) is 3.21. The van der Waals surface area contributed by atoms with Gasteiger partial charge in [-0.25, -0.2) is 9.78 Å². The Hall–Kier alpha value is -2.31. The highest BCUT2D eigenvalue weighted by atomic mass is 16.5. The summed E-state index contributed by atoms with van der Waals surface area (Å²) in [6.07, 6.45) is 2.83. The quantitative estimate of drug-likeness (QED) is 0.883. The third-order valence-corrected chi connectivity index (χ3v) is 3.34. The van der Waals surface area contributed by atoms with Gasteiger partial charge in [0.15, 0.2) is 0 Å². The summed E-state index contributed by atoms with van der Waals surface area (Å²) in [5, 5.41) is 11.7. The summed E-state index contributed by atoms with van der Waals surface area (Å²) < 4.78 is 5.22. The highest BCUT2D eigenvalue weighted by molar-refractivity contribution is 5.89. The third kappa shape index (κ3) is 4.08. The zero-order valence-corrected chi connectivity index (χ0v) is 11.9. The van der Waals surface area contributed by atoms with Crippen LogP contribution in [0.4, 0.5) is 10.5 Å². The van der Waals surface area contributed by atoms with Crippen molar-refractivity contribution in [3.8, 4) is 5.88 Å². The first-order valence-corrected chi connectivity index (χ1v) is 6.97. The van der Waals surface area contributed by atoms with Crippen molar-refractivity contribution in [2.75, 3.05) is 25.0 Å². The maximum atomic E-state index is 12.1. The molecule has 2 amide bonds. The van der Waals surface area contributed by atoms with Crippen molar-refractivity contribution in [2.24, 2.45) is 5.92 Å². The molecule has 0 saturated carbocycles. The zero-order chi connectivity index (χ0) is 15.2. The fraction of sp³-hybridized carbons (Fsp3) is 0.500. The van der Waals surface area contributed by atoms with Crippen molar-refractivity contribution < 1.29 is 19.4 Å². The smallest absolute Gasteiger partial charge is 0.321 e. The van der Waals surface area contributed by atoms with Crippen LogP contribution in [0.5, 0.6) is 5.88 Å². The molecule has 2 heterocycles. The first kappa shape index (κ1) is 15.1. The van der Waals surface area contributed by atoms with Crippen LogP contribution in [0.25, 0.3) is 0 Å². The molecule has 0 radical (unpaired) electrons. The monoisotopic (exact) mass is 293 g/mol. The lowest BCUT2D eigenvalue weighted by Gasteiger charge is -2.30. The number of carboxylic acids is 1. The number of hydrogen-bond acceptors (Lipinski definition) is 4. The Morgan fingerprint density at radius 1 is 1.52 bits per heavy atom. The molecule has 0 aromatic carbocycles. The molecule has 0 bridgehead atoms. The van der Waals surface area contributed by atoms with Crippen molar-refractivity contribution in [1.29, 1.82) is 0 Å². The lowest BCUT2D eigenvalue weighted by molar-refractivity contribution is -0.143. The second kappa shape index (κ2) is 6.92. The fourth-order valence-corrected chi connectivity index (χ4v) is 2.25. The molecular weight excluding hydrogens is 274 g/mol. The number of anilines is 1. The van der Waals surface area contributed by atoms with E-state index in [1.54, 1.807) is 12.1 Å². The van der Waals surface area contributed by atoms with Crippen molar-refractivity contribution in [3.63, 3.8) is 0 Å². The van der Waals surface area contributed by atoms with E-state index in [0.717, 1.165) is 0 Å². The summed E-state index contributed by atoms with van der Waals surface area (Å²) >= 11 is 0. The minimum atomic E-state index is -0.852. The largest absolute Gasteiger partial charge is 0.481 e. The maximum absolute atomic E-state index is 12.1. The highest BCUT2D eigenvalue weighted by Gasteiger charge is 2.28. The van der Waals surface area contributed by atoms with Gasteiger partial charge in [-0.1, -0.05) is 0 Å². The zero-order valence-electron chi connectivity index (χ0n) is 11.9. The Bertz CT molecular complexity index is 503. The van der Waals surface area contributed by atoms with E-state index < -0.39 is 11.9 Å². The van der Waals surface area contributed by atoms with E-state index in [0.29, 0.717) is 37.6 Å². The van der Waals surface area contributed by atoms with Crippen LogP contribution in [0.2, 0.25) is 0 Å². The van der Waals surface area contributed by atoms with Gasteiger partial charge in [0.25, 0.3) is 0 Å². The Balaban J connectivity index is 1.92. The molecule has 1 unspecified atom stereocenters. The molecule has 1 saturated heterocycles. The molecule has 1 aliphatic rings. The summed E-state index contributed by atoms with van der Waals surface area (Å²) in [4.78, 5) is 28.7. The van der Waals surface area contributed by atoms with Crippen LogP contribution in [-0.4, -0.2) is 46.7 Å². The van der Waals surface area contributed by atoms with E-state index in [-0.39, 0.29) is 12.6 Å². The van der Waals surface area contributed by atoms with Gasteiger partial charge in [-0.05, 0) is 25.8 Å². The number of aromatic nitrogens is 1. The lowest BCUT2D eigenvalue weighted by atomic mass is 9.99. The minimum absolute atomic E-state index is 0.242. The number of aliphatic carboxylic acids is 1. The van der Waals surface area contributed by atoms with Crippen molar-refractivity contribution in [2.45, 2.75) is 19.8 Å². The molecule has 7 nitrogen and oxygen atoms in total. The highest BCUT2D eigenvalue weighted by Crippen LogP contribution is 2.18. The summed E-state index contributed by atoms with van der Waals surface area (Å²) in [6, 6.07) is 3.08. The number of amides is 2. The summed E-state index contributed by atoms with van der Waals surface area (Å²) in [5.74, 6) is -0.836. The predicted molar refractivity (Wildman–Crippen MR) is 76.4 cm³/mol. The van der Waals surface area contributed by atoms with E-state index >= 15 is 0 Å². The van der Waals surface area contributed by atoms with Gasteiger partial charge in [0.1, 0.15) is 0 Å². The van der Waals surface area contributed by atoms with Gasteiger partial charge in [0.2, 0.25) is 5.88 Å². The van der Waals surface area contributed by atoms with Crippen LogP contribution in [-0.2, 0) is 4.79 Å². The SMILES string of the molecule is CCOc1ccc(NC(=O)N2CCCC(C(=O)O)C2)cn1. The number of pyridine rings is 1. The Morgan fingerprint density at radius 2 is 2.33 bits per heavy atom. The Morgan fingerprint density at radius 3 is 2.95 bits per heavy atom. The van der Waals surface area contributed by atoms with Crippen molar-refractivity contribution in [1.82, 2.24) is 9.88 Å². The van der Waals surface area contributed by atoms with Crippen LogP contribution in [0, 0.1) is 5.92 Å². The second-order valence-corrected chi connectivity index (χ2v) is 4.87. The molecule has 0 aliphatic carbocycles. The van der Waals surface area contributed by atoms with E-state index in [4.69, 9.17) is 9.84 Å². The molecule has 1 aromatic heterocycles. The van der Waals surface area contributed by atoms with Gasteiger partial charge in [-0.15, -0.1) is 0 Å². The number of carboxylic acid groups (broad SMARTS) is 1. The number of hydrogen-bond donors (Lipinski definition) is 2. The van der Waals surface area contributed by atoms with Crippen molar-refractivity contribution in [3.05, 3.63) is 18.3 Å². The molecule has 21 heavy (non-hydrogen) atoms. The summed E-state index contributed by atoms with van der Waals surface area (Å²) in [5.41, 5.74) is 0.556. The number of urea groups is 1. The van der Waals surface area contributed by atoms with Crippen LogP contribution < -0.4 is 10.1 Å². The Labute approximate surface area is 122 Å². The molecule has 2 rings (SSSR count). The Kier molecular flexibility index (Phi) is 4.97. The van der Waals surface area contributed by atoms with Gasteiger partial charge >= 0.3 is 12.0 Å². The normalized spacial score (nSPS) is 18.1. The molecule has 7 heteroatoms. The second-order valence-electron chi connectivity index (χ2n) is 4.87. The number of ether oxygens (including phenoxy) is 1. The molecule has 1 aromatic rings. The molecule has 1 atom stereocenters. The van der Waals surface area contributed by atoms with Crippen LogP contribution >= 0.6 is 0 Å². The number of carbonyl (C=O) groups is 2. The number of carbonyl (C=O) groups excluding carboxylic acids is 1.